The van der Waals surface area contributed by atoms with Crippen LogP contribution < -0.4 is 0 Å². The molecule has 4 aromatic carbocycles. The Kier molecular flexibility index (Phi) is 2.34. The zero-order valence-corrected chi connectivity index (χ0v) is 11.8. The van der Waals surface area contributed by atoms with Gasteiger partial charge in [0.05, 0.1) is 0 Å². The molecule has 4 aromatic rings. The van der Waals surface area contributed by atoms with Crippen LogP contribution in [0.1, 0.15) is 11.1 Å². The van der Waals surface area contributed by atoms with Crippen molar-refractivity contribution in [1.29, 1.82) is 0 Å². The van der Waals surface area contributed by atoms with Crippen LogP contribution >= 0.6 is 0 Å². The summed E-state index contributed by atoms with van der Waals surface area (Å²) in [4.78, 5) is 0. The summed E-state index contributed by atoms with van der Waals surface area (Å²) in [7, 11) is 0. The molecule has 0 N–H and O–H groups in total. The Morgan fingerprint density at radius 3 is 1.85 bits per heavy atom. The van der Waals surface area contributed by atoms with Gasteiger partial charge in [-0.25, -0.2) is 0 Å². The van der Waals surface area contributed by atoms with Crippen molar-refractivity contribution in [3.8, 4) is 0 Å². The maximum Gasteiger partial charge on any atom is -0.0146 e. The minimum Gasteiger partial charge on any atom is -0.0616 e. The Labute approximate surface area is 118 Å². The summed E-state index contributed by atoms with van der Waals surface area (Å²) in [6, 6.07) is 22.2. The van der Waals surface area contributed by atoms with Crippen LogP contribution in [-0.2, 0) is 0 Å². The lowest BCUT2D eigenvalue weighted by Crippen LogP contribution is -1.85. The molecule has 0 heterocycles. The van der Waals surface area contributed by atoms with Gasteiger partial charge in [0, 0.05) is 0 Å². The van der Waals surface area contributed by atoms with Crippen molar-refractivity contribution in [1.82, 2.24) is 0 Å². The predicted molar refractivity (Wildman–Crippen MR) is 88.4 cm³/mol. The second-order valence-electron chi connectivity index (χ2n) is 5.63. The molecule has 96 valence electrons. The summed E-state index contributed by atoms with van der Waals surface area (Å²) < 4.78 is 0. The van der Waals surface area contributed by atoms with E-state index >= 15 is 0 Å². The molecule has 0 bridgehead atoms. The van der Waals surface area contributed by atoms with Gasteiger partial charge in [-0.2, -0.15) is 0 Å². The smallest absolute Gasteiger partial charge is 0.0146 e. The van der Waals surface area contributed by atoms with Crippen LogP contribution in [0.4, 0.5) is 0 Å². The summed E-state index contributed by atoms with van der Waals surface area (Å²) in [5.41, 5.74) is 2.75. The van der Waals surface area contributed by atoms with Crippen molar-refractivity contribution in [3.05, 3.63) is 71.8 Å². The number of aryl methyl sites for hydroxylation is 2. The summed E-state index contributed by atoms with van der Waals surface area (Å²) >= 11 is 0. The number of hydrogen-bond donors (Lipinski definition) is 0. The molecule has 0 aromatic heterocycles. The lowest BCUT2D eigenvalue weighted by Gasteiger charge is -2.09. The molecule has 4 rings (SSSR count). The maximum absolute atomic E-state index is 2.33. The van der Waals surface area contributed by atoms with Crippen molar-refractivity contribution in [2.24, 2.45) is 0 Å². The van der Waals surface area contributed by atoms with Gasteiger partial charge in [0.1, 0.15) is 0 Å². The molecule has 0 nitrogen and oxygen atoms in total. The second-order valence-corrected chi connectivity index (χ2v) is 5.63. The van der Waals surface area contributed by atoms with Crippen molar-refractivity contribution in [2.75, 3.05) is 0 Å². The van der Waals surface area contributed by atoms with Crippen molar-refractivity contribution >= 4 is 32.3 Å². The lowest BCUT2D eigenvalue weighted by atomic mass is 9.96. The molecular formula is C20H16. The van der Waals surface area contributed by atoms with Gasteiger partial charge in [-0.1, -0.05) is 36.4 Å². The highest BCUT2D eigenvalue weighted by Gasteiger charge is 2.04. The number of hydrogen-bond acceptors (Lipinski definition) is 0. The average Bonchev–Trinajstić information content (AvgIpc) is 2.47. The molecule has 0 unspecified atom stereocenters. The highest BCUT2D eigenvalue weighted by atomic mass is 14.1. The first-order valence-electron chi connectivity index (χ1n) is 7.05. The molecule has 0 aliphatic heterocycles. The highest BCUT2D eigenvalue weighted by Crippen LogP contribution is 2.29. The van der Waals surface area contributed by atoms with Gasteiger partial charge in [-0.3, -0.25) is 0 Å². The van der Waals surface area contributed by atoms with Gasteiger partial charge < -0.3 is 0 Å². The Hall–Kier alpha value is -2.34. The van der Waals surface area contributed by atoms with E-state index in [4.69, 9.17) is 0 Å². The molecular weight excluding hydrogens is 240 g/mol. The zero-order chi connectivity index (χ0) is 13.7. The Morgan fingerprint density at radius 1 is 0.550 bits per heavy atom. The van der Waals surface area contributed by atoms with E-state index in [2.05, 4.69) is 74.5 Å². The molecule has 0 amide bonds. The van der Waals surface area contributed by atoms with E-state index in [9.17, 15) is 0 Å². The molecule has 0 heteroatoms. The number of fused-ring (bicyclic) bond motifs is 3. The van der Waals surface area contributed by atoms with E-state index in [0.717, 1.165) is 0 Å². The number of benzene rings is 4. The molecule has 0 saturated carbocycles. The molecule has 0 fully saturated rings. The van der Waals surface area contributed by atoms with Crippen LogP contribution in [-0.4, -0.2) is 0 Å². The Bertz CT molecular complexity index is 962. The van der Waals surface area contributed by atoms with Crippen LogP contribution in [0.2, 0.25) is 0 Å². The summed E-state index contributed by atoms with van der Waals surface area (Å²) in [5.74, 6) is 0. The molecule has 0 saturated heterocycles. The largest absolute Gasteiger partial charge is 0.0616 e. The van der Waals surface area contributed by atoms with Gasteiger partial charge >= 0.3 is 0 Å². The van der Waals surface area contributed by atoms with Crippen LogP contribution in [0.25, 0.3) is 32.3 Å². The van der Waals surface area contributed by atoms with Crippen molar-refractivity contribution in [2.45, 2.75) is 13.8 Å². The third-order valence-electron chi connectivity index (χ3n) is 4.38. The van der Waals surface area contributed by atoms with E-state index in [0.29, 0.717) is 0 Å². The molecule has 0 spiro atoms. The summed E-state index contributed by atoms with van der Waals surface area (Å²) in [5, 5.41) is 7.96. The minimum atomic E-state index is 1.31. The highest BCUT2D eigenvalue weighted by molar-refractivity contribution is 6.05. The predicted octanol–water partition coefficient (Wildman–Crippen LogP) is 5.76. The van der Waals surface area contributed by atoms with Gasteiger partial charge in [-0.15, -0.1) is 0 Å². The summed E-state index contributed by atoms with van der Waals surface area (Å²) in [6.07, 6.45) is 0. The third kappa shape index (κ3) is 1.61. The van der Waals surface area contributed by atoms with Gasteiger partial charge in [0.25, 0.3) is 0 Å². The summed E-state index contributed by atoms with van der Waals surface area (Å²) in [6.45, 7) is 4.39. The monoisotopic (exact) mass is 256 g/mol. The van der Waals surface area contributed by atoms with E-state index in [1.807, 2.05) is 0 Å². The van der Waals surface area contributed by atoms with E-state index in [1.165, 1.54) is 43.4 Å². The molecule has 0 radical (unpaired) electrons. The van der Waals surface area contributed by atoms with Crippen LogP contribution in [0.15, 0.2) is 60.7 Å². The maximum atomic E-state index is 2.33. The normalized spacial score (nSPS) is 11.5. The van der Waals surface area contributed by atoms with Crippen LogP contribution in [0.5, 0.6) is 0 Å². The topological polar surface area (TPSA) is 0 Å². The first kappa shape index (κ1) is 11.5. The molecule has 0 atom stereocenters. The lowest BCUT2D eigenvalue weighted by molar-refractivity contribution is 1.38. The molecule has 0 aliphatic rings. The Morgan fingerprint density at radius 2 is 1.15 bits per heavy atom. The van der Waals surface area contributed by atoms with Crippen LogP contribution in [0.3, 0.4) is 0 Å². The van der Waals surface area contributed by atoms with Crippen LogP contribution in [0, 0.1) is 13.8 Å². The fraction of sp³-hybridized carbons (Fsp3) is 0.100. The van der Waals surface area contributed by atoms with Gasteiger partial charge in [0.2, 0.25) is 0 Å². The SMILES string of the molecule is Cc1ccc2cc3cc4ccccc4cc3cc2c1C. The first-order chi connectivity index (χ1) is 9.72. The van der Waals surface area contributed by atoms with Crippen molar-refractivity contribution in [3.63, 3.8) is 0 Å². The minimum absolute atomic E-state index is 1.31. The second kappa shape index (κ2) is 4.08. The van der Waals surface area contributed by atoms with Gasteiger partial charge in [-0.05, 0) is 81.6 Å². The fourth-order valence-electron chi connectivity index (χ4n) is 3.02. The van der Waals surface area contributed by atoms with E-state index < -0.39 is 0 Å². The van der Waals surface area contributed by atoms with E-state index in [-0.39, 0.29) is 0 Å². The van der Waals surface area contributed by atoms with Crippen molar-refractivity contribution < 1.29 is 0 Å². The third-order valence-corrected chi connectivity index (χ3v) is 4.38. The van der Waals surface area contributed by atoms with E-state index in [1.54, 1.807) is 0 Å². The quantitative estimate of drug-likeness (QED) is 0.351. The molecule has 20 heavy (non-hydrogen) atoms. The molecule has 0 aliphatic carbocycles. The fourth-order valence-corrected chi connectivity index (χ4v) is 3.02. The standard InChI is InChI=1S/C20H16/c1-13-7-8-17-11-18-9-15-5-3-4-6-16(15)10-19(18)12-20(17)14(13)2/h3-12H,1-2H3. The van der Waals surface area contributed by atoms with Gasteiger partial charge in [0.15, 0.2) is 0 Å². The average molecular weight is 256 g/mol. The first-order valence-corrected chi connectivity index (χ1v) is 7.05. The Balaban J connectivity index is 2.18. The zero-order valence-electron chi connectivity index (χ0n) is 11.8. The number of rotatable bonds is 0.